The Morgan fingerprint density at radius 3 is 2.29 bits per heavy atom. The number of hydrogen-bond donors (Lipinski definition) is 0. The Labute approximate surface area is 144 Å². The molecule has 0 amide bonds. The van der Waals surface area contributed by atoms with Crippen LogP contribution in [0.15, 0.2) is 53.4 Å². The first kappa shape index (κ1) is 17.0. The number of hydrogen-bond acceptors (Lipinski definition) is 3. The van der Waals surface area contributed by atoms with Gasteiger partial charge in [0.05, 0.1) is 4.90 Å². The Morgan fingerprint density at radius 2 is 1.67 bits per heavy atom. The normalized spacial score (nSPS) is 19.5. The Kier molecular flexibility index (Phi) is 4.65. The van der Waals surface area contributed by atoms with Gasteiger partial charge in [0.25, 0.3) is 0 Å². The molecule has 1 aliphatic rings. The number of anilines is 1. The molecule has 1 unspecified atom stereocenters. The summed E-state index contributed by atoms with van der Waals surface area (Å²) in [5.74, 6) is 0. The molecule has 1 fully saturated rings. The molecule has 0 saturated carbocycles. The first-order chi connectivity index (χ1) is 11.4. The molecule has 5 heteroatoms. The largest absolute Gasteiger partial charge is 0.366 e. The summed E-state index contributed by atoms with van der Waals surface area (Å²) in [4.78, 5) is 2.66. The lowest BCUT2D eigenvalue weighted by Gasteiger charge is -2.40. The number of rotatable bonds is 3. The van der Waals surface area contributed by atoms with Gasteiger partial charge in [-0.25, -0.2) is 8.42 Å². The second-order valence-electron chi connectivity index (χ2n) is 6.49. The molecular formula is C19H24N2O2S. The molecule has 0 spiro atoms. The molecule has 0 radical (unpaired) electrons. The van der Waals surface area contributed by atoms with E-state index in [1.54, 1.807) is 16.4 Å². The summed E-state index contributed by atoms with van der Waals surface area (Å²) in [6.45, 7) is 7.74. The predicted octanol–water partition coefficient (Wildman–Crippen LogP) is 3.20. The van der Waals surface area contributed by atoms with Crippen LogP contribution in [-0.4, -0.2) is 38.4 Å². The maximum atomic E-state index is 12.9. The molecule has 0 bridgehead atoms. The first-order valence-electron chi connectivity index (χ1n) is 8.28. The van der Waals surface area contributed by atoms with Crippen molar-refractivity contribution in [1.29, 1.82) is 0 Å². The molecule has 0 aromatic heterocycles. The summed E-state index contributed by atoms with van der Waals surface area (Å²) >= 11 is 0. The Balaban J connectivity index is 1.80. The lowest BCUT2D eigenvalue weighted by molar-refractivity contribution is 0.342. The van der Waals surface area contributed by atoms with Gasteiger partial charge in [-0.3, -0.25) is 0 Å². The number of piperazine rings is 1. The van der Waals surface area contributed by atoms with Gasteiger partial charge >= 0.3 is 0 Å². The maximum Gasteiger partial charge on any atom is 0.243 e. The van der Waals surface area contributed by atoms with E-state index in [-0.39, 0.29) is 6.04 Å². The Bertz CT molecular complexity index is 819. The van der Waals surface area contributed by atoms with Gasteiger partial charge in [0.15, 0.2) is 0 Å². The molecule has 1 heterocycles. The van der Waals surface area contributed by atoms with E-state index in [0.29, 0.717) is 24.5 Å². The van der Waals surface area contributed by atoms with Crippen molar-refractivity contribution in [2.45, 2.75) is 31.7 Å². The fourth-order valence-electron chi connectivity index (χ4n) is 3.17. The SMILES string of the molecule is Cc1ccc(S(=O)(=O)N2CCN(c3ccccc3)C(C)C2)cc1C. The van der Waals surface area contributed by atoms with E-state index in [0.717, 1.165) is 16.8 Å². The molecular weight excluding hydrogens is 320 g/mol. The molecule has 24 heavy (non-hydrogen) atoms. The molecule has 2 aromatic carbocycles. The van der Waals surface area contributed by atoms with Crippen molar-refractivity contribution in [3.8, 4) is 0 Å². The summed E-state index contributed by atoms with van der Waals surface area (Å²) in [6, 6.07) is 15.7. The molecule has 1 atom stereocenters. The van der Waals surface area contributed by atoms with Crippen LogP contribution in [0.3, 0.4) is 0 Å². The first-order valence-corrected chi connectivity index (χ1v) is 9.72. The van der Waals surface area contributed by atoms with Gasteiger partial charge in [-0.15, -0.1) is 0 Å². The third-order valence-electron chi connectivity index (χ3n) is 4.79. The van der Waals surface area contributed by atoms with E-state index >= 15 is 0 Å². The molecule has 0 aliphatic carbocycles. The van der Waals surface area contributed by atoms with Crippen LogP contribution in [0.4, 0.5) is 5.69 Å². The molecule has 4 nitrogen and oxygen atoms in total. The van der Waals surface area contributed by atoms with Crippen LogP contribution < -0.4 is 4.90 Å². The third kappa shape index (κ3) is 3.19. The standard InChI is InChI=1S/C19H24N2O2S/c1-15-9-10-19(13-16(15)2)24(22,23)20-11-12-21(17(3)14-20)18-7-5-4-6-8-18/h4-10,13,17H,11-12,14H2,1-3H3. The number of nitrogens with zero attached hydrogens (tertiary/aromatic N) is 2. The van der Waals surface area contributed by atoms with Gasteiger partial charge in [0.1, 0.15) is 0 Å². The van der Waals surface area contributed by atoms with Crippen molar-refractivity contribution in [1.82, 2.24) is 4.31 Å². The predicted molar refractivity (Wildman–Crippen MR) is 97.9 cm³/mol. The highest BCUT2D eigenvalue weighted by atomic mass is 32.2. The minimum atomic E-state index is -3.43. The highest BCUT2D eigenvalue weighted by molar-refractivity contribution is 7.89. The fraction of sp³-hybridized carbons (Fsp3) is 0.368. The van der Waals surface area contributed by atoms with Crippen molar-refractivity contribution in [3.05, 3.63) is 59.7 Å². The second kappa shape index (κ2) is 6.57. The van der Waals surface area contributed by atoms with Crippen LogP contribution in [0.1, 0.15) is 18.1 Å². The van der Waals surface area contributed by atoms with E-state index in [9.17, 15) is 8.42 Å². The highest BCUT2D eigenvalue weighted by Crippen LogP contribution is 2.25. The number of sulfonamides is 1. The quantitative estimate of drug-likeness (QED) is 0.858. The minimum Gasteiger partial charge on any atom is -0.366 e. The summed E-state index contributed by atoms with van der Waals surface area (Å²) in [5, 5.41) is 0. The van der Waals surface area contributed by atoms with Crippen LogP contribution in [0.2, 0.25) is 0 Å². The lowest BCUT2D eigenvalue weighted by atomic mass is 10.1. The fourth-order valence-corrected chi connectivity index (χ4v) is 4.77. The van der Waals surface area contributed by atoms with Crippen LogP contribution in [0, 0.1) is 13.8 Å². The van der Waals surface area contributed by atoms with Gasteiger partial charge < -0.3 is 4.90 Å². The topological polar surface area (TPSA) is 40.6 Å². The van der Waals surface area contributed by atoms with Crippen molar-refractivity contribution in [3.63, 3.8) is 0 Å². The van der Waals surface area contributed by atoms with Crippen molar-refractivity contribution >= 4 is 15.7 Å². The molecule has 0 N–H and O–H groups in total. The zero-order valence-electron chi connectivity index (χ0n) is 14.4. The monoisotopic (exact) mass is 344 g/mol. The maximum absolute atomic E-state index is 12.9. The zero-order chi connectivity index (χ0) is 17.3. The smallest absolute Gasteiger partial charge is 0.243 e. The molecule has 1 saturated heterocycles. The van der Waals surface area contributed by atoms with Crippen LogP contribution in [0.5, 0.6) is 0 Å². The Morgan fingerprint density at radius 1 is 0.958 bits per heavy atom. The summed E-state index contributed by atoms with van der Waals surface area (Å²) < 4.78 is 27.5. The van der Waals surface area contributed by atoms with E-state index in [2.05, 4.69) is 24.0 Å². The van der Waals surface area contributed by atoms with Crippen LogP contribution >= 0.6 is 0 Å². The summed E-state index contributed by atoms with van der Waals surface area (Å²) in [5.41, 5.74) is 3.26. The second-order valence-corrected chi connectivity index (χ2v) is 8.43. The zero-order valence-corrected chi connectivity index (χ0v) is 15.3. The van der Waals surface area contributed by atoms with Gasteiger partial charge in [0, 0.05) is 31.4 Å². The lowest BCUT2D eigenvalue weighted by Crippen LogP contribution is -2.53. The van der Waals surface area contributed by atoms with E-state index in [1.807, 2.05) is 38.1 Å². The highest BCUT2D eigenvalue weighted by Gasteiger charge is 2.32. The third-order valence-corrected chi connectivity index (χ3v) is 6.66. The average Bonchev–Trinajstić information content (AvgIpc) is 2.58. The Hall–Kier alpha value is -1.85. The van der Waals surface area contributed by atoms with Crippen molar-refractivity contribution < 1.29 is 8.42 Å². The van der Waals surface area contributed by atoms with Crippen LogP contribution in [-0.2, 0) is 10.0 Å². The van der Waals surface area contributed by atoms with E-state index < -0.39 is 10.0 Å². The summed E-state index contributed by atoms with van der Waals surface area (Å²) in [7, 11) is -3.43. The van der Waals surface area contributed by atoms with Crippen molar-refractivity contribution in [2.75, 3.05) is 24.5 Å². The minimum absolute atomic E-state index is 0.141. The van der Waals surface area contributed by atoms with Gasteiger partial charge in [-0.1, -0.05) is 24.3 Å². The van der Waals surface area contributed by atoms with Gasteiger partial charge in [0.2, 0.25) is 10.0 Å². The molecule has 3 rings (SSSR count). The number of para-hydroxylation sites is 1. The van der Waals surface area contributed by atoms with Crippen molar-refractivity contribution in [2.24, 2.45) is 0 Å². The van der Waals surface area contributed by atoms with E-state index in [1.165, 1.54) is 0 Å². The van der Waals surface area contributed by atoms with Crippen LogP contribution in [0.25, 0.3) is 0 Å². The average molecular weight is 344 g/mol. The molecule has 2 aromatic rings. The molecule has 128 valence electrons. The van der Waals surface area contributed by atoms with Gasteiger partial charge in [-0.2, -0.15) is 4.31 Å². The van der Waals surface area contributed by atoms with E-state index in [4.69, 9.17) is 0 Å². The number of benzene rings is 2. The number of aryl methyl sites for hydroxylation is 2. The summed E-state index contributed by atoms with van der Waals surface area (Å²) in [6.07, 6.45) is 0. The molecule has 1 aliphatic heterocycles. The van der Waals surface area contributed by atoms with Gasteiger partial charge in [-0.05, 0) is 56.2 Å².